The lowest BCUT2D eigenvalue weighted by Crippen LogP contribution is -2.50. The Morgan fingerprint density at radius 3 is 2.14 bits per heavy atom. The monoisotopic (exact) mass is 628 g/mol. The van der Waals surface area contributed by atoms with Crippen LogP contribution in [0.2, 0.25) is 0 Å². The van der Waals surface area contributed by atoms with Gasteiger partial charge >= 0.3 is 11.9 Å². The number of rotatable bonds is 11. The van der Waals surface area contributed by atoms with E-state index in [1.54, 1.807) is 19.9 Å². The summed E-state index contributed by atoms with van der Waals surface area (Å²) in [5.74, 6) is -1.90. The first kappa shape index (κ1) is 37.0. The highest BCUT2D eigenvalue weighted by Gasteiger charge is 2.39. The van der Waals surface area contributed by atoms with Crippen LogP contribution in [0.25, 0.3) is 0 Å². The third kappa shape index (κ3) is 9.26. The number of carbonyl (C=O) groups is 3. The number of hydrogen-bond acceptors (Lipinski definition) is 10. The van der Waals surface area contributed by atoms with Gasteiger partial charge in [-0.1, -0.05) is 32.9 Å². The summed E-state index contributed by atoms with van der Waals surface area (Å²) >= 11 is 0. The molecule has 2 aliphatic heterocycles. The minimum Gasteiger partial charge on any atom is -0.466 e. The second-order valence-electron chi connectivity index (χ2n) is 11.2. The number of benzene rings is 1. The summed E-state index contributed by atoms with van der Waals surface area (Å²) in [6, 6.07) is 5.90. The smallest absolute Gasteiger partial charge is 0.336 e. The molecule has 0 aliphatic carbocycles. The normalized spacial score (nSPS) is 17.9. The first-order valence-corrected chi connectivity index (χ1v) is 13.5. The Kier molecular flexibility index (Phi) is 14.1. The number of nitro groups is 1. The van der Waals surface area contributed by atoms with Gasteiger partial charge in [-0.05, 0) is 19.4 Å². The van der Waals surface area contributed by atoms with Crippen LogP contribution in [0.3, 0.4) is 0 Å². The van der Waals surface area contributed by atoms with Crippen molar-refractivity contribution in [1.29, 1.82) is 0 Å². The molecule has 0 aromatic heterocycles. The number of Topliss-reactive ketones (excluding diaryl/α,β-unsaturated/α-hetero) is 1. The van der Waals surface area contributed by atoms with Gasteiger partial charge in [0.1, 0.15) is 5.78 Å². The maximum Gasteiger partial charge on any atom is 0.336 e. The fraction of sp³-hybridized carbons (Fsp3) is 0.552. The van der Waals surface area contributed by atoms with Crippen molar-refractivity contribution in [2.24, 2.45) is 5.41 Å². The van der Waals surface area contributed by atoms with Gasteiger partial charge in [0.2, 0.25) is 0 Å². The summed E-state index contributed by atoms with van der Waals surface area (Å²) < 4.78 is 10.9. The summed E-state index contributed by atoms with van der Waals surface area (Å²) in [5.41, 5.74) is 1.30. The second kappa shape index (κ2) is 16.0. The van der Waals surface area contributed by atoms with E-state index < -0.39 is 22.8 Å². The van der Waals surface area contributed by atoms with Gasteiger partial charge in [-0.3, -0.25) is 19.8 Å². The van der Waals surface area contributed by atoms with E-state index >= 15 is 0 Å². The third-order valence-corrected chi connectivity index (χ3v) is 7.30. The molecule has 42 heavy (non-hydrogen) atoms. The highest BCUT2D eigenvalue weighted by Crippen LogP contribution is 2.40. The molecular weight excluding hydrogens is 587 g/mol. The quantitative estimate of drug-likeness (QED) is 0.218. The number of dihydropyridines is 1. The van der Waals surface area contributed by atoms with E-state index in [0.29, 0.717) is 36.5 Å². The van der Waals surface area contributed by atoms with Crippen LogP contribution in [0.4, 0.5) is 5.69 Å². The fourth-order valence-electron chi connectivity index (χ4n) is 5.25. The number of allylic oxidation sites excluding steroid dienone is 2. The first-order valence-electron chi connectivity index (χ1n) is 13.5. The zero-order valence-corrected chi connectivity index (χ0v) is 26.7. The van der Waals surface area contributed by atoms with Crippen LogP contribution >= 0.6 is 24.8 Å². The molecule has 11 nitrogen and oxygen atoms in total. The number of ether oxygens (including phenoxy) is 2. The zero-order chi connectivity index (χ0) is 29.6. The average Bonchev–Trinajstić information content (AvgIpc) is 2.91. The van der Waals surface area contributed by atoms with Gasteiger partial charge in [0.05, 0.1) is 42.2 Å². The van der Waals surface area contributed by atoms with Crippen LogP contribution in [-0.4, -0.2) is 85.4 Å². The van der Waals surface area contributed by atoms with Crippen molar-refractivity contribution in [3.8, 4) is 0 Å². The topological polar surface area (TPSA) is 131 Å². The summed E-state index contributed by atoms with van der Waals surface area (Å²) in [7, 11) is 1.25. The van der Waals surface area contributed by atoms with Gasteiger partial charge < -0.3 is 19.7 Å². The number of carbonyl (C=O) groups excluding carboxylic acids is 3. The molecule has 0 saturated carbocycles. The van der Waals surface area contributed by atoms with Crippen LogP contribution < -0.4 is 5.32 Å². The molecular formula is C29H42Cl2N4O7. The number of esters is 2. The highest BCUT2D eigenvalue weighted by molar-refractivity contribution is 6.00. The molecule has 0 radical (unpaired) electrons. The Hall–Kier alpha value is -2.99. The molecule has 3 rings (SSSR count). The summed E-state index contributed by atoms with van der Waals surface area (Å²) in [5, 5.41) is 14.6. The Balaban J connectivity index is 0.00000441. The van der Waals surface area contributed by atoms with E-state index in [4.69, 9.17) is 9.47 Å². The van der Waals surface area contributed by atoms with Crippen molar-refractivity contribution < 1.29 is 28.8 Å². The maximum absolute atomic E-state index is 13.6. The predicted octanol–water partition coefficient (Wildman–Crippen LogP) is 4.01. The second-order valence-corrected chi connectivity index (χ2v) is 11.2. The minimum absolute atomic E-state index is 0. The fourth-order valence-corrected chi connectivity index (χ4v) is 5.25. The molecule has 1 atom stereocenters. The number of nitrogens with zero attached hydrogens (tertiary/aromatic N) is 3. The van der Waals surface area contributed by atoms with Crippen molar-refractivity contribution >= 4 is 48.2 Å². The van der Waals surface area contributed by atoms with Crippen LogP contribution in [0.5, 0.6) is 0 Å². The lowest BCUT2D eigenvalue weighted by atomic mass is 9.80. The van der Waals surface area contributed by atoms with Gasteiger partial charge in [0.25, 0.3) is 5.69 Å². The van der Waals surface area contributed by atoms with Gasteiger partial charge in [0.15, 0.2) is 0 Å². The van der Waals surface area contributed by atoms with Gasteiger partial charge in [-0.2, -0.15) is 0 Å². The largest absolute Gasteiger partial charge is 0.466 e. The number of piperazine rings is 1. The van der Waals surface area contributed by atoms with Crippen molar-refractivity contribution in [3.05, 3.63) is 62.5 Å². The molecule has 1 aromatic carbocycles. The number of halogens is 2. The molecule has 0 bridgehead atoms. The molecule has 234 valence electrons. The zero-order valence-electron chi connectivity index (χ0n) is 25.1. The Bertz CT molecular complexity index is 1220. The number of ketones is 1. The number of nitro benzene ring substituents is 1. The standard InChI is InChI=1S/C29H40N4O7.2ClH/c1-7-23(34)16-31-11-13-32(14-12-31)17-29(4,5)18-40-28(36)25-20(3)30-19(2)24(27(35)39-6)26(25)21-9-8-10-22(15-21)33(37)38;;/h8-10,15,26,30H,7,11-14,16-18H2,1-6H3;2*1H. The lowest BCUT2D eigenvalue weighted by molar-refractivity contribution is -0.384. The summed E-state index contributed by atoms with van der Waals surface area (Å²) in [6.45, 7) is 13.9. The summed E-state index contributed by atoms with van der Waals surface area (Å²) in [6.07, 6.45) is 0.544. The minimum atomic E-state index is -0.900. The third-order valence-electron chi connectivity index (χ3n) is 7.30. The van der Waals surface area contributed by atoms with E-state index in [1.165, 1.54) is 25.3 Å². The molecule has 0 amide bonds. The SMILES string of the molecule is CCC(=O)CN1CCN(CC(C)(C)COC(=O)C2=C(C)NC(C)=C(C(=O)OC)C2c2cccc([N+](=O)[O-])c2)CC1.Cl.Cl. The molecule has 1 N–H and O–H groups in total. The lowest BCUT2D eigenvalue weighted by Gasteiger charge is -2.38. The van der Waals surface area contributed by atoms with Crippen LogP contribution in [0.15, 0.2) is 46.8 Å². The van der Waals surface area contributed by atoms with E-state index in [1.807, 2.05) is 20.8 Å². The number of nitrogens with one attached hydrogen (secondary N) is 1. The number of hydrogen-bond donors (Lipinski definition) is 1. The number of non-ortho nitro benzene ring substituents is 1. The molecule has 2 heterocycles. The molecule has 1 fully saturated rings. The van der Waals surface area contributed by atoms with Gasteiger partial charge in [-0.25, -0.2) is 9.59 Å². The Labute approximate surface area is 259 Å². The predicted molar refractivity (Wildman–Crippen MR) is 164 cm³/mol. The van der Waals surface area contributed by atoms with Crippen molar-refractivity contribution in [1.82, 2.24) is 15.1 Å². The maximum atomic E-state index is 13.6. The summed E-state index contributed by atoms with van der Waals surface area (Å²) in [4.78, 5) is 53.6. The van der Waals surface area contributed by atoms with E-state index in [0.717, 1.165) is 26.2 Å². The van der Waals surface area contributed by atoms with Crippen molar-refractivity contribution in [2.45, 2.75) is 47.0 Å². The molecule has 1 saturated heterocycles. The molecule has 0 spiro atoms. The van der Waals surface area contributed by atoms with Gasteiger partial charge in [0, 0.05) is 68.1 Å². The van der Waals surface area contributed by atoms with Crippen molar-refractivity contribution in [3.63, 3.8) is 0 Å². The average molecular weight is 630 g/mol. The number of methoxy groups -OCH3 is 1. The molecule has 1 aromatic rings. The highest BCUT2D eigenvalue weighted by atomic mass is 35.5. The van der Waals surface area contributed by atoms with E-state index in [9.17, 15) is 24.5 Å². The molecule has 2 aliphatic rings. The van der Waals surface area contributed by atoms with Crippen molar-refractivity contribution in [2.75, 3.05) is 53.0 Å². The van der Waals surface area contributed by atoms with E-state index in [2.05, 4.69) is 15.1 Å². The Morgan fingerprint density at radius 1 is 1.02 bits per heavy atom. The Morgan fingerprint density at radius 2 is 1.60 bits per heavy atom. The van der Waals surface area contributed by atoms with Gasteiger partial charge in [-0.15, -0.1) is 24.8 Å². The molecule has 1 unspecified atom stereocenters. The molecule has 13 heteroatoms. The van der Waals surface area contributed by atoms with Crippen LogP contribution in [-0.2, 0) is 23.9 Å². The first-order chi connectivity index (χ1) is 18.9. The van der Waals surface area contributed by atoms with Crippen LogP contribution in [0.1, 0.15) is 52.5 Å². The van der Waals surface area contributed by atoms with E-state index in [-0.39, 0.29) is 59.5 Å². The van der Waals surface area contributed by atoms with Crippen LogP contribution in [0, 0.1) is 15.5 Å².